The first-order valence-electron chi connectivity index (χ1n) is 5.65. The maximum absolute atomic E-state index is 6.05. The number of pyridine rings is 1. The van der Waals surface area contributed by atoms with E-state index in [2.05, 4.69) is 31.5 Å². The molecule has 20 heavy (non-hydrogen) atoms. The summed E-state index contributed by atoms with van der Waals surface area (Å²) in [5.74, 6) is 0.517. The number of halogens is 3. The number of aromatic nitrogens is 1. The molecule has 1 heterocycles. The van der Waals surface area contributed by atoms with Gasteiger partial charge in [0.05, 0.1) is 5.02 Å². The maximum atomic E-state index is 6.05. The number of anilines is 1. The summed E-state index contributed by atoms with van der Waals surface area (Å²) in [7, 11) is 0. The quantitative estimate of drug-likeness (QED) is 0.748. The van der Waals surface area contributed by atoms with Gasteiger partial charge in [0.25, 0.3) is 0 Å². The highest BCUT2D eigenvalue weighted by molar-refractivity contribution is 9.10. The fourth-order valence-electron chi connectivity index (χ4n) is 1.44. The average molecular weight is 391 g/mol. The molecule has 7 heteroatoms. The standard InChI is InChI=1S/C13H10BrCl2N3S/c14-9-5-11(16)12(17-7-9)19-13(20)18-6-8-1-3-10(15)4-2-8/h1-5,7H,6H2,(H2,17,18,19,20). The zero-order valence-corrected chi connectivity index (χ0v) is 14.1. The molecule has 1 aromatic heterocycles. The highest BCUT2D eigenvalue weighted by Crippen LogP contribution is 2.22. The molecule has 0 aliphatic rings. The highest BCUT2D eigenvalue weighted by atomic mass is 79.9. The Morgan fingerprint density at radius 1 is 1.25 bits per heavy atom. The summed E-state index contributed by atoms with van der Waals surface area (Å²) in [5.41, 5.74) is 1.08. The van der Waals surface area contributed by atoms with E-state index in [0.29, 0.717) is 27.5 Å². The summed E-state index contributed by atoms with van der Waals surface area (Å²) < 4.78 is 0.813. The molecule has 0 saturated carbocycles. The fourth-order valence-corrected chi connectivity index (χ4v) is 2.41. The first-order chi connectivity index (χ1) is 9.54. The lowest BCUT2D eigenvalue weighted by Gasteiger charge is -2.11. The lowest BCUT2D eigenvalue weighted by atomic mass is 10.2. The zero-order chi connectivity index (χ0) is 14.5. The van der Waals surface area contributed by atoms with Crippen molar-refractivity contribution in [3.8, 4) is 0 Å². The molecule has 0 amide bonds. The van der Waals surface area contributed by atoms with Crippen molar-refractivity contribution < 1.29 is 0 Å². The van der Waals surface area contributed by atoms with Gasteiger partial charge in [0.1, 0.15) is 0 Å². The number of hydrogen-bond donors (Lipinski definition) is 2. The normalized spacial score (nSPS) is 10.2. The van der Waals surface area contributed by atoms with Crippen molar-refractivity contribution in [2.75, 3.05) is 5.32 Å². The van der Waals surface area contributed by atoms with E-state index in [0.717, 1.165) is 10.0 Å². The van der Waals surface area contributed by atoms with Crippen molar-refractivity contribution in [1.82, 2.24) is 10.3 Å². The Morgan fingerprint density at radius 2 is 1.95 bits per heavy atom. The van der Waals surface area contributed by atoms with Crippen LogP contribution < -0.4 is 10.6 Å². The van der Waals surface area contributed by atoms with Gasteiger partial charge in [-0.1, -0.05) is 35.3 Å². The van der Waals surface area contributed by atoms with Crippen LogP contribution in [-0.2, 0) is 6.54 Å². The van der Waals surface area contributed by atoms with Gasteiger partial charge >= 0.3 is 0 Å². The topological polar surface area (TPSA) is 37.0 Å². The summed E-state index contributed by atoms with van der Waals surface area (Å²) in [6, 6.07) is 9.29. The predicted octanol–water partition coefficient (Wildman–Crippen LogP) is 4.64. The number of nitrogens with zero attached hydrogens (tertiary/aromatic N) is 1. The summed E-state index contributed by atoms with van der Waals surface area (Å²) in [5, 5.41) is 7.68. The molecule has 0 unspecified atom stereocenters. The Bertz CT molecular complexity index is 620. The molecule has 1 aromatic carbocycles. The van der Waals surface area contributed by atoms with Gasteiger partial charge in [0.15, 0.2) is 10.9 Å². The van der Waals surface area contributed by atoms with Gasteiger partial charge in [-0.05, 0) is 51.9 Å². The first kappa shape index (κ1) is 15.5. The number of rotatable bonds is 3. The minimum atomic E-state index is 0.455. The second kappa shape index (κ2) is 7.22. The molecule has 0 aliphatic heterocycles. The smallest absolute Gasteiger partial charge is 0.172 e. The Labute approximate surface area is 140 Å². The fraction of sp³-hybridized carbons (Fsp3) is 0.0769. The van der Waals surface area contributed by atoms with E-state index < -0.39 is 0 Å². The first-order valence-corrected chi connectivity index (χ1v) is 7.60. The van der Waals surface area contributed by atoms with E-state index in [-0.39, 0.29) is 0 Å². The van der Waals surface area contributed by atoms with Crippen molar-refractivity contribution in [1.29, 1.82) is 0 Å². The predicted molar refractivity (Wildman–Crippen MR) is 91.5 cm³/mol. The van der Waals surface area contributed by atoms with Gasteiger partial charge in [-0.3, -0.25) is 0 Å². The third-order valence-corrected chi connectivity index (χ3v) is 3.63. The van der Waals surface area contributed by atoms with Crippen LogP contribution in [0.3, 0.4) is 0 Å². The second-order valence-electron chi connectivity index (χ2n) is 3.92. The van der Waals surface area contributed by atoms with Crippen molar-refractivity contribution >= 4 is 62.3 Å². The number of benzene rings is 1. The Morgan fingerprint density at radius 3 is 2.60 bits per heavy atom. The van der Waals surface area contributed by atoms with Gasteiger partial charge in [-0.15, -0.1) is 0 Å². The van der Waals surface area contributed by atoms with Crippen LogP contribution in [0.2, 0.25) is 10.0 Å². The number of hydrogen-bond acceptors (Lipinski definition) is 2. The molecule has 0 atom stereocenters. The van der Waals surface area contributed by atoms with E-state index in [1.807, 2.05) is 24.3 Å². The van der Waals surface area contributed by atoms with Crippen molar-refractivity contribution in [3.63, 3.8) is 0 Å². The molecule has 0 saturated heterocycles. The van der Waals surface area contributed by atoms with Gasteiger partial charge in [0.2, 0.25) is 0 Å². The van der Waals surface area contributed by atoms with E-state index >= 15 is 0 Å². The maximum Gasteiger partial charge on any atom is 0.172 e. The van der Waals surface area contributed by atoms with Crippen LogP contribution in [0.5, 0.6) is 0 Å². The Balaban J connectivity index is 1.90. The van der Waals surface area contributed by atoms with E-state index in [1.54, 1.807) is 12.3 Å². The number of nitrogens with one attached hydrogen (secondary N) is 2. The van der Waals surface area contributed by atoms with E-state index in [1.165, 1.54) is 0 Å². The van der Waals surface area contributed by atoms with Crippen LogP contribution in [0.4, 0.5) is 5.82 Å². The molecule has 2 rings (SSSR count). The zero-order valence-electron chi connectivity index (χ0n) is 10.2. The molecular formula is C13H10BrCl2N3S. The van der Waals surface area contributed by atoms with Crippen LogP contribution in [0.15, 0.2) is 41.0 Å². The number of thiocarbonyl (C=S) groups is 1. The van der Waals surface area contributed by atoms with E-state index in [4.69, 9.17) is 35.4 Å². The summed E-state index contributed by atoms with van der Waals surface area (Å²) in [6.07, 6.45) is 1.65. The van der Waals surface area contributed by atoms with Crippen molar-refractivity contribution in [2.24, 2.45) is 0 Å². The Kier molecular flexibility index (Phi) is 5.60. The lowest BCUT2D eigenvalue weighted by molar-refractivity contribution is 0.925. The molecule has 0 spiro atoms. The second-order valence-corrected chi connectivity index (χ2v) is 6.09. The SMILES string of the molecule is S=C(NCc1ccc(Cl)cc1)Nc1ncc(Br)cc1Cl. The molecular weight excluding hydrogens is 381 g/mol. The van der Waals surface area contributed by atoms with Crippen LogP contribution in [-0.4, -0.2) is 10.1 Å². The molecule has 2 aromatic rings. The minimum Gasteiger partial charge on any atom is -0.358 e. The Hall–Kier alpha value is -0.880. The summed E-state index contributed by atoms with van der Waals surface area (Å²) >= 11 is 20.4. The van der Waals surface area contributed by atoms with Gasteiger partial charge in [-0.2, -0.15) is 0 Å². The van der Waals surface area contributed by atoms with E-state index in [9.17, 15) is 0 Å². The van der Waals surface area contributed by atoms with Crippen LogP contribution in [0.1, 0.15) is 5.56 Å². The molecule has 0 bridgehead atoms. The third kappa shape index (κ3) is 4.59. The monoisotopic (exact) mass is 389 g/mol. The third-order valence-electron chi connectivity index (χ3n) is 2.41. The van der Waals surface area contributed by atoms with Crippen LogP contribution >= 0.6 is 51.3 Å². The highest BCUT2D eigenvalue weighted by Gasteiger charge is 2.04. The lowest BCUT2D eigenvalue weighted by Crippen LogP contribution is -2.28. The average Bonchev–Trinajstić information content (AvgIpc) is 2.41. The van der Waals surface area contributed by atoms with Gasteiger partial charge in [-0.25, -0.2) is 4.98 Å². The summed E-state index contributed by atoms with van der Waals surface area (Å²) in [4.78, 5) is 4.15. The van der Waals surface area contributed by atoms with Gasteiger partial charge < -0.3 is 10.6 Å². The largest absolute Gasteiger partial charge is 0.358 e. The van der Waals surface area contributed by atoms with Gasteiger partial charge in [0, 0.05) is 22.2 Å². The van der Waals surface area contributed by atoms with Crippen LogP contribution in [0.25, 0.3) is 0 Å². The van der Waals surface area contributed by atoms with Crippen molar-refractivity contribution in [2.45, 2.75) is 6.54 Å². The van der Waals surface area contributed by atoms with Crippen molar-refractivity contribution in [3.05, 3.63) is 56.6 Å². The molecule has 3 nitrogen and oxygen atoms in total. The molecule has 0 radical (unpaired) electrons. The molecule has 0 fully saturated rings. The summed E-state index contributed by atoms with van der Waals surface area (Å²) in [6.45, 7) is 0.594. The molecule has 104 valence electrons. The van der Waals surface area contributed by atoms with Crippen LogP contribution in [0, 0.1) is 0 Å². The molecule has 2 N–H and O–H groups in total. The minimum absolute atomic E-state index is 0.455. The molecule has 0 aliphatic carbocycles.